The Morgan fingerprint density at radius 2 is 1.86 bits per heavy atom. The number of fused-ring (bicyclic) bond motifs is 1. The van der Waals surface area contributed by atoms with E-state index in [1.165, 1.54) is 10.4 Å². The number of hydrogen-bond acceptors (Lipinski definition) is 5. The molecule has 1 aliphatic rings. The molecule has 7 heteroatoms. The molecule has 0 saturated carbocycles. The predicted molar refractivity (Wildman–Crippen MR) is 147 cm³/mol. The van der Waals surface area contributed by atoms with E-state index in [2.05, 4.69) is 37.4 Å². The van der Waals surface area contributed by atoms with E-state index in [4.69, 9.17) is 9.47 Å². The van der Waals surface area contributed by atoms with Gasteiger partial charge in [0.2, 0.25) is 5.91 Å². The first-order valence-electron chi connectivity index (χ1n) is 12.8. The van der Waals surface area contributed by atoms with Gasteiger partial charge >= 0.3 is 0 Å². The van der Waals surface area contributed by atoms with Gasteiger partial charge in [-0.25, -0.2) is 0 Å². The topological polar surface area (TPSA) is 59.1 Å². The number of rotatable bonds is 10. The lowest BCUT2D eigenvalue weighted by Crippen LogP contribution is -2.48. The van der Waals surface area contributed by atoms with Crippen molar-refractivity contribution in [3.63, 3.8) is 0 Å². The molecule has 37 heavy (non-hydrogen) atoms. The smallest absolute Gasteiger partial charge is 0.254 e. The van der Waals surface area contributed by atoms with Crippen LogP contribution < -0.4 is 4.74 Å². The third kappa shape index (κ3) is 6.40. The molecule has 196 valence electrons. The van der Waals surface area contributed by atoms with Gasteiger partial charge in [0.1, 0.15) is 18.9 Å². The van der Waals surface area contributed by atoms with Crippen molar-refractivity contribution in [2.24, 2.45) is 0 Å². The van der Waals surface area contributed by atoms with Crippen molar-refractivity contribution in [2.45, 2.75) is 39.2 Å². The van der Waals surface area contributed by atoms with E-state index >= 15 is 0 Å². The molecule has 4 rings (SSSR count). The summed E-state index contributed by atoms with van der Waals surface area (Å²) in [5.74, 6) is 1.00. The number of ether oxygens (including phenoxy) is 2. The molecule has 2 amide bonds. The maximum absolute atomic E-state index is 13.7. The summed E-state index contributed by atoms with van der Waals surface area (Å²) in [7, 11) is 1.60. The SMILES string of the molecule is COCCN(CC(=O)N1CCc2sccc2[C@H]1COc1ccc(C(C)C)cc1)C(=O)c1ccccc1C. The molecule has 0 N–H and O–H groups in total. The van der Waals surface area contributed by atoms with E-state index in [0.29, 0.717) is 37.8 Å². The van der Waals surface area contributed by atoms with Crippen LogP contribution >= 0.6 is 11.3 Å². The average Bonchev–Trinajstić information content (AvgIpc) is 3.39. The Hall–Kier alpha value is -3.16. The summed E-state index contributed by atoms with van der Waals surface area (Å²) in [6.45, 7) is 7.90. The molecule has 2 aromatic carbocycles. The van der Waals surface area contributed by atoms with Crippen LogP contribution in [0.2, 0.25) is 0 Å². The van der Waals surface area contributed by atoms with Crippen LogP contribution in [0.25, 0.3) is 0 Å². The minimum Gasteiger partial charge on any atom is -0.491 e. The predicted octanol–water partition coefficient (Wildman–Crippen LogP) is 5.47. The number of carbonyl (C=O) groups excluding carboxylic acids is 2. The number of aryl methyl sites for hydroxylation is 1. The van der Waals surface area contributed by atoms with Crippen LogP contribution in [0.5, 0.6) is 5.75 Å². The number of benzene rings is 2. The molecule has 0 saturated heterocycles. The number of carbonyl (C=O) groups is 2. The van der Waals surface area contributed by atoms with E-state index < -0.39 is 0 Å². The number of thiophene rings is 1. The molecular formula is C30H36N2O4S. The Morgan fingerprint density at radius 1 is 1.11 bits per heavy atom. The quantitative estimate of drug-likeness (QED) is 0.356. The van der Waals surface area contributed by atoms with Gasteiger partial charge in [-0.15, -0.1) is 11.3 Å². The molecular weight excluding hydrogens is 484 g/mol. The lowest BCUT2D eigenvalue weighted by atomic mass is 10.00. The van der Waals surface area contributed by atoms with Gasteiger partial charge in [-0.3, -0.25) is 9.59 Å². The zero-order valence-corrected chi connectivity index (χ0v) is 22.9. The molecule has 1 aliphatic heterocycles. The fraction of sp³-hybridized carbons (Fsp3) is 0.400. The summed E-state index contributed by atoms with van der Waals surface area (Å²) < 4.78 is 11.4. The Kier molecular flexibility index (Phi) is 9.00. The normalized spacial score (nSPS) is 14.9. The summed E-state index contributed by atoms with van der Waals surface area (Å²) in [4.78, 5) is 31.9. The highest BCUT2D eigenvalue weighted by Gasteiger charge is 2.33. The Bertz CT molecular complexity index is 1200. The summed E-state index contributed by atoms with van der Waals surface area (Å²) in [5.41, 5.74) is 3.89. The lowest BCUT2D eigenvalue weighted by Gasteiger charge is -2.37. The van der Waals surface area contributed by atoms with Gasteiger partial charge in [-0.1, -0.05) is 44.2 Å². The van der Waals surface area contributed by atoms with Crippen LogP contribution in [-0.4, -0.2) is 61.6 Å². The van der Waals surface area contributed by atoms with E-state index in [9.17, 15) is 9.59 Å². The van der Waals surface area contributed by atoms with Gasteiger partial charge in [0.05, 0.1) is 12.6 Å². The largest absolute Gasteiger partial charge is 0.491 e. The van der Waals surface area contributed by atoms with Crippen LogP contribution in [0, 0.1) is 6.92 Å². The first-order chi connectivity index (χ1) is 17.9. The van der Waals surface area contributed by atoms with Crippen LogP contribution in [0.3, 0.4) is 0 Å². The van der Waals surface area contributed by atoms with Crippen molar-refractivity contribution in [3.8, 4) is 5.75 Å². The van der Waals surface area contributed by atoms with E-state index in [0.717, 1.165) is 23.3 Å². The second kappa shape index (κ2) is 12.4. The molecule has 2 heterocycles. The van der Waals surface area contributed by atoms with E-state index in [-0.39, 0.29) is 24.4 Å². The summed E-state index contributed by atoms with van der Waals surface area (Å²) in [6, 6.07) is 17.5. The minimum atomic E-state index is -0.204. The van der Waals surface area contributed by atoms with Gasteiger partial charge < -0.3 is 19.3 Å². The van der Waals surface area contributed by atoms with Crippen LogP contribution in [0.4, 0.5) is 0 Å². The number of nitrogens with zero attached hydrogens (tertiary/aromatic N) is 2. The van der Waals surface area contributed by atoms with Crippen LogP contribution in [0.15, 0.2) is 60.0 Å². The first-order valence-corrected chi connectivity index (χ1v) is 13.7. The Labute approximate surface area is 223 Å². The zero-order valence-electron chi connectivity index (χ0n) is 22.1. The van der Waals surface area contributed by atoms with Gasteiger partial charge in [-0.05, 0) is 65.6 Å². The highest BCUT2D eigenvalue weighted by Crippen LogP contribution is 2.34. The molecule has 3 aromatic rings. The molecule has 0 bridgehead atoms. The third-order valence-electron chi connectivity index (χ3n) is 6.92. The van der Waals surface area contributed by atoms with E-state index in [1.807, 2.05) is 48.2 Å². The van der Waals surface area contributed by atoms with Gasteiger partial charge in [0.15, 0.2) is 0 Å². The van der Waals surface area contributed by atoms with Crippen LogP contribution in [0.1, 0.15) is 57.7 Å². The monoisotopic (exact) mass is 520 g/mol. The lowest BCUT2D eigenvalue weighted by molar-refractivity contribution is -0.135. The molecule has 0 fully saturated rings. The molecule has 1 aromatic heterocycles. The molecule has 1 atom stereocenters. The number of methoxy groups -OCH3 is 1. The minimum absolute atomic E-state index is 0.00438. The Balaban J connectivity index is 1.51. The number of amides is 2. The van der Waals surface area contributed by atoms with E-state index in [1.54, 1.807) is 23.3 Å². The second-order valence-electron chi connectivity index (χ2n) is 9.72. The van der Waals surface area contributed by atoms with Crippen molar-refractivity contribution in [2.75, 3.05) is 40.0 Å². The summed E-state index contributed by atoms with van der Waals surface area (Å²) in [5, 5.41) is 2.08. The van der Waals surface area contributed by atoms with Gasteiger partial charge in [-0.2, -0.15) is 0 Å². The van der Waals surface area contributed by atoms with Gasteiger partial charge in [0.25, 0.3) is 5.91 Å². The average molecular weight is 521 g/mol. The number of hydrogen-bond donors (Lipinski definition) is 0. The maximum Gasteiger partial charge on any atom is 0.254 e. The molecule has 0 radical (unpaired) electrons. The molecule has 6 nitrogen and oxygen atoms in total. The highest BCUT2D eigenvalue weighted by atomic mass is 32.1. The molecule has 0 spiro atoms. The fourth-order valence-electron chi connectivity index (χ4n) is 4.69. The zero-order chi connectivity index (χ0) is 26.4. The van der Waals surface area contributed by atoms with Crippen molar-refractivity contribution < 1.29 is 19.1 Å². The first kappa shape index (κ1) is 26.9. The van der Waals surface area contributed by atoms with Crippen molar-refractivity contribution in [1.29, 1.82) is 0 Å². The highest BCUT2D eigenvalue weighted by molar-refractivity contribution is 7.10. The van der Waals surface area contributed by atoms with Crippen molar-refractivity contribution in [3.05, 3.63) is 87.1 Å². The van der Waals surface area contributed by atoms with Crippen molar-refractivity contribution in [1.82, 2.24) is 9.80 Å². The molecule has 0 aliphatic carbocycles. The fourth-order valence-corrected chi connectivity index (χ4v) is 5.62. The molecule has 0 unspecified atom stereocenters. The second-order valence-corrected chi connectivity index (χ2v) is 10.7. The van der Waals surface area contributed by atoms with Gasteiger partial charge in [0, 0.05) is 30.6 Å². The van der Waals surface area contributed by atoms with Crippen LogP contribution in [-0.2, 0) is 16.0 Å². The maximum atomic E-state index is 13.7. The summed E-state index contributed by atoms with van der Waals surface area (Å²) in [6.07, 6.45) is 0.808. The summed E-state index contributed by atoms with van der Waals surface area (Å²) >= 11 is 1.72. The third-order valence-corrected chi connectivity index (χ3v) is 7.92. The van der Waals surface area contributed by atoms with Crippen molar-refractivity contribution >= 4 is 23.2 Å². The standard InChI is InChI=1S/C30H36N2O4S/c1-21(2)23-9-11-24(12-10-23)36-20-27-26-14-18-37-28(26)13-15-32(27)29(33)19-31(16-17-35-4)30(34)25-8-6-5-7-22(25)3/h5-12,14,18,21,27H,13,15-17,19-20H2,1-4H3/t27-/m1/s1. The Morgan fingerprint density at radius 3 is 2.57 bits per heavy atom.